The van der Waals surface area contributed by atoms with E-state index < -0.39 is 17.7 Å². The Morgan fingerprint density at radius 1 is 1.03 bits per heavy atom. The number of carbonyl (C=O) groups is 3. The molecule has 1 atom stereocenters. The van der Waals surface area contributed by atoms with Crippen LogP contribution in [0, 0.1) is 0 Å². The molecule has 1 aliphatic rings. The quantitative estimate of drug-likeness (QED) is 0.492. The number of ether oxygens (including phenoxy) is 1. The monoisotopic (exact) mass is 474 g/mol. The van der Waals surface area contributed by atoms with Crippen molar-refractivity contribution in [2.45, 2.75) is 18.9 Å². The summed E-state index contributed by atoms with van der Waals surface area (Å²) in [7, 11) is 0. The first kappa shape index (κ1) is 22.1. The molecule has 4 rings (SSSR count). The Labute approximate surface area is 193 Å². The number of nitrogens with one attached hydrogen (secondary N) is 3. The molecule has 0 radical (unpaired) electrons. The SMILES string of the molecule is O=C(NC[C@H]1CCCO1)C(=O)Nn1c(C(=O)Nc2cccc(Cl)c2)cc2cc(Cl)ccc21. The van der Waals surface area contributed by atoms with Gasteiger partial charge in [0.2, 0.25) is 0 Å². The molecule has 2 heterocycles. The summed E-state index contributed by atoms with van der Waals surface area (Å²) in [5.41, 5.74) is 3.60. The van der Waals surface area contributed by atoms with Crippen molar-refractivity contribution in [2.24, 2.45) is 0 Å². The summed E-state index contributed by atoms with van der Waals surface area (Å²) in [4.78, 5) is 37.8. The van der Waals surface area contributed by atoms with Gasteiger partial charge in [-0.3, -0.25) is 19.8 Å². The molecule has 0 spiro atoms. The van der Waals surface area contributed by atoms with E-state index in [0.717, 1.165) is 12.8 Å². The largest absolute Gasteiger partial charge is 0.376 e. The number of hydrogen-bond donors (Lipinski definition) is 3. The van der Waals surface area contributed by atoms with Crippen LogP contribution in [0.5, 0.6) is 0 Å². The lowest BCUT2D eigenvalue weighted by Crippen LogP contribution is -2.42. The molecular formula is C22H20Cl2N4O4. The predicted octanol–water partition coefficient (Wildman–Crippen LogP) is 3.57. The van der Waals surface area contributed by atoms with Gasteiger partial charge in [-0.25, -0.2) is 4.68 Å². The lowest BCUT2D eigenvalue weighted by molar-refractivity contribution is -0.136. The highest BCUT2D eigenvalue weighted by molar-refractivity contribution is 6.38. The van der Waals surface area contributed by atoms with Crippen molar-refractivity contribution in [3.8, 4) is 0 Å². The lowest BCUT2D eigenvalue weighted by Gasteiger charge is -2.14. The van der Waals surface area contributed by atoms with Crippen LogP contribution in [0.25, 0.3) is 10.9 Å². The second-order valence-electron chi connectivity index (χ2n) is 7.32. The minimum Gasteiger partial charge on any atom is -0.376 e. The first-order valence-electron chi connectivity index (χ1n) is 9.99. The molecule has 0 unspecified atom stereocenters. The first-order valence-corrected chi connectivity index (χ1v) is 10.7. The van der Waals surface area contributed by atoms with E-state index in [9.17, 15) is 14.4 Å². The third kappa shape index (κ3) is 5.04. The minimum absolute atomic E-state index is 0.0969. The van der Waals surface area contributed by atoms with Crippen LogP contribution >= 0.6 is 23.2 Å². The maximum Gasteiger partial charge on any atom is 0.328 e. The number of benzene rings is 2. The first-order chi connectivity index (χ1) is 15.4. The zero-order valence-corrected chi connectivity index (χ0v) is 18.4. The maximum absolute atomic E-state index is 13.0. The van der Waals surface area contributed by atoms with Crippen molar-refractivity contribution in [3.63, 3.8) is 0 Å². The average Bonchev–Trinajstić information content (AvgIpc) is 3.40. The molecule has 3 N–H and O–H groups in total. The van der Waals surface area contributed by atoms with E-state index in [4.69, 9.17) is 27.9 Å². The van der Waals surface area contributed by atoms with E-state index in [1.54, 1.807) is 48.5 Å². The van der Waals surface area contributed by atoms with E-state index in [1.165, 1.54) is 4.68 Å². The molecule has 32 heavy (non-hydrogen) atoms. The molecule has 3 amide bonds. The summed E-state index contributed by atoms with van der Waals surface area (Å²) in [5.74, 6) is -2.23. The van der Waals surface area contributed by atoms with Gasteiger partial charge in [-0.2, -0.15) is 0 Å². The fourth-order valence-electron chi connectivity index (χ4n) is 3.48. The number of fused-ring (bicyclic) bond motifs is 1. The van der Waals surface area contributed by atoms with Gasteiger partial charge in [0, 0.05) is 34.3 Å². The Kier molecular flexibility index (Phi) is 6.64. The number of hydrogen-bond acceptors (Lipinski definition) is 4. The summed E-state index contributed by atoms with van der Waals surface area (Å²) < 4.78 is 6.71. The topological polar surface area (TPSA) is 101 Å². The van der Waals surface area contributed by atoms with Crippen LogP contribution in [0.15, 0.2) is 48.5 Å². The molecule has 1 aliphatic heterocycles. The van der Waals surface area contributed by atoms with Crippen LogP contribution in [-0.4, -0.2) is 41.7 Å². The van der Waals surface area contributed by atoms with Gasteiger partial charge in [-0.1, -0.05) is 29.3 Å². The number of amides is 3. The highest BCUT2D eigenvalue weighted by Crippen LogP contribution is 2.24. The predicted molar refractivity (Wildman–Crippen MR) is 123 cm³/mol. The van der Waals surface area contributed by atoms with Crippen LogP contribution in [0.2, 0.25) is 10.0 Å². The summed E-state index contributed by atoms with van der Waals surface area (Å²) in [5, 5.41) is 6.85. The second-order valence-corrected chi connectivity index (χ2v) is 8.19. The highest BCUT2D eigenvalue weighted by Gasteiger charge is 2.23. The molecule has 10 heteroatoms. The number of rotatable bonds is 5. The molecular weight excluding hydrogens is 455 g/mol. The Bertz CT molecular complexity index is 1190. The van der Waals surface area contributed by atoms with Crippen LogP contribution in [-0.2, 0) is 14.3 Å². The number of nitrogens with zero attached hydrogens (tertiary/aromatic N) is 1. The fraction of sp³-hybridized carbons (Fsp3) is 0.227. The second kappa shape index (κ2) is 9.60. The number of halogens is 2. The Balaban J connectivity index is 1.56. The third-order valence-corrected chi connectivity index (χ3v) is 5.48. The van der Waals surface area contributed by atoms with E-state index >= 15 is 0 Å². The van der Waals surface area contributed by atoms with Crippen LogP contribution in [0.3, 0.4) is 0 Å². The summed E-state index contributed by atoms with van der Waals surface area (Å²) >= 11 is 12.1. The Morgan fingerprint density at radius 3 is 2.59 bits per heavy atom. The van der Waals surface area contributed by atoms with Crippen LogP contribution < -0.4 is 16.1 Å². The summed E-state index contributed by atoms with van der Waals surface area (Å²) in [6, 6.07) is 13.2. The van der Waals surface area contributed by atoms with Crippen molar-refractivity contribution in [1.82, 2.24) is 9.99 Å². The van der Waals surface area contributed by atoms with Gasteiger partial charge < -0.3 is 15.4 Å². The zero-order chi connectivity index (χ0) is 22.7. The van der Waals surface area contributed by atoms with Gasteiger partial charge in [0.05, 0.1) is 11.6 Å². The molecule has 0 bridgehead atoms. The fourth-order valence-corrected chi connectivity index (χ4v) is 3.85. The molecule has 2 aromatic carbocycles. The molecule has 8 nitrogen and oxygen atoms in total. The molecule has 3 aromatic rings. The average molecular weight is 475 g/mol. The van der Waals surface area contributed by atoms with Gasteiger partial charge >= 0.3 is 11.8 Å². The summed E-state index contributed by atoms with van der Waals surface area (Å²) in [6.07, 6.45) is 1.66. The highest BCUT2D eigenvalue weighted by atomic mass is 35.5. The van der Waals surface area contributed by atoms with Crippen molar-refractivity contribution >= 4 is 57.5 Å². The molecule has 1 saturated heterocycles. The zero-order valence-electron chi connectivity index (χ0n) is 16.9. The minimum atomic E-state index is -0.910. The van der Waals surface area contributed by atoms with Gasteiger partial charge in [-0.05, 0) is 55.3 Å². The Hall–Kier alpha value is -3.07. The maximum atomic E-state index is 13.0. The number of aromatic nitrogens is 1. The van der Waals surface area contributed by atoms with Gasteiger partial charge in [0.15, 0.2) is 0 Å². The van der Waals surface area contributed by atoms with Crippen LogP contribution in [0.4, 0.5) is 5.69 Å². The third-order valence-electron chi connectivity index (χ3n) is 5.01. The van der Waals surface area contributed by atoms with E-state index in [-0.39, 0.29) is 18.3 Å². The van der Waals surface area contributed by atoms with Crippen molar-refractivity contribution < 1.29 is 19.1 Å². The van der Waals surface area contributed by atoms with Crippen molar-refractivity contribution in [3.05, 3.63) is 64.3 Å². The van der Waals surface area contributed by atoms with Crippen molar-refractivity contribution in [1.29, 1.82) is 0 Å². The van der Waals surface area contributed by atoms with E-state index in [0.29, 0.717) is 33.2 Å². The van der Waals surface area contributed by atoms with Gasteiger partial charge in [0.25, 0.3) is 5.91 Å². The van der Waals surface area contributed by atoms with E-state index in [1.807, 2.05) is 0 Å². The molecule has 166 valence electrons. The normalized spacial score (nSPS) is 15.5. The lowest BCUT2D eigenvalue weighted by atomic mass is 10.2. The molecule has 0 aliphatic carbocycles. The van der Waals surface area contributed by atoms with Crippen molar-refractivity contribution in [2.75, 3.05) is 23.9 Å². The van der Waals surface area contributed by atoms with Crippen LogP contribution in [0.1, 0.15) is 23.3 Å². The summed E-state index contributed by atoms with van der Waals surface area (Å²) in [6.45, 7) is 0.895. The molecule has 1 fully saturated rings. The Morgan fingerprint density at radius 2 is 1.84 bits per heavy atom. The van der Waals surface area contributed by atoms with E-state index in [2.05, 4.69) is 16.1 Å². The number of anilines is 1. The van der Waals surface area contributed by atoms with Gasteiger partial charge in [-0.15, -0.1) is 0 Å². The smallest absolute Gasteiger partial charge is 0.328 e. The molecule has 1 aromatic heterocycles. The molecule has 0 saturated carbocycles. The number of carbonyl (C=O) groups excluding carboxylic acids is 3. The van der Waals surface area contributed by atoms with Gasteiger partial charge in [0.1, 0.15) is 5.69 Å². The standard InChI is InChI=1S/C22H20Cl2N4O4/c23-14-3-1-4-16(11-14)26-20(29)19-10-13-9-15(24)6-7-18(13)28(19)27-22(31)21(30)25-12-17-5-2-8-32-17/h1,3-4,6-7,9-11,17H,2,5,8,12H2,(H,25,30)(H,26,29)(H,27,31)/t17-/m1/s1.